The molecule has 3 heterocycles. The lowest BCUT2D eigenvalue weighted by Gasteiger charge is -2.23. The molecule has 0 spiro atoms. The fraction of sp³-hybridized carbons (Fsp3) is 0.553. The van der Waals surface area contributed by atoms with Gasteiger partial charge >= 0.3 is 5.63 Å². The molecular formula is C38H53N3O6. The van der Waals surface area contributed by atoms with Gasteiger partial charge in [-0.3, -0.25) is 19.4 Å². The first kappa shape index (κ1) is 36.5. The van der Waals surface area contributed by atoms with Gasteiger partial charge in [-0.25, -0.2) is 4.79 Å². The second kappa shape index (κ2) is 17.7. The van der Waals surface area contributed by atoms with E-state index in [0.29, 0.717) is 49.8 Å². The largest absolute Gasteiger partial charge is 0.427 e. The number of Topliss-reactive ketones (excluding diaryl/α,β-unsaturated/α-hetero) is 1. The molecule has 2 N–H and O–H groups in total. The number of carbonyl (C=O) groups is 2. The van der Waals surface area contributed by atoms with E-state index >= 15 is 0 Å². The van der Waals surface area contributed by atoms with Gasteiger partial charge in [0.25, 0.3) is 5.91 Å². The molecule has 0 saturated carbocycles. The number of aliphatic hydroxyl groups is 2. The SMILES string of the molecule is CCN(CC)C(=O)c1cccc(C)c1CC(=O)CCN1CCC[C@@H]1CO.Cc1cccc2c(=O)oc(CCN3CCC[C@@H]3CO)cc12. The predicted molar refractivity (Wildman–Crippen MR) is 186 cm³/mol. The minimum absolute atomic E-state index is 0.00128. The molecular weight excluding hydrogens is 594 g/mol. The van der Waals surface area contributed by atoms with E-state index < -0.39 is 0 Å². The molecule has 0 radical (unpaired) electrons. The van der Waals surface area contributed by atoms with Crippen LogP contribution in [-0.2, 0) is 17.6 Å². The van der Waals surface area contributed by atoms with Crippen LogP contribution in [0.15, 0.2) is 51.7 Å². The number of carbonyl (C=O) groups excluding carboxylic acids is 2. The van der Waals surface area contributed by atoms with Gasteiger partial charge in [-0.15, -0.1) is 0 Å². The first-order chi connectivity index (χ1) is 22.7. The number of aliphatic hydroxyl groups excluding tert-OH is 2. The van der Waals surface area contributed by atoms with Gasteiger partial charge in [0.05, 0.1) is 18.6 Å². The van der Waals surface area contributed by atoms with Crippen molar-refractivity contribution in [3.8, 4) is 0 Å². The van der Waals surface area contributed by atoms with E-state index in [1.165, 1.54) is 0 Å². The maximum absolute atomic E-state index is 12.8. The van der Waals surface area contributed by atoms with Crippen LogP contribution < -0.4 is 5.63 Å². The molecule has 9 heteroatoms. The number of fused-ring (bicyclic) bond motifs is 1. The Kier molecular flexibility index (Phi) is 13.7. The third-order valence-electron chi connectivity index (χ3n) is 9.88. The molecule has 3 aromatic rings. The van der Waals surface area contributed by atoms with Crippen LogP contribution in [0.3, 0.4) is 0 Å². The highest BCUT2D eigenvalue weighted by Gasteiger charge is 2.25. The number of rotatable bonds is 13. The van der Waals surface area contributed by atoms with Crippen LogP contribution in [0.4, 0.5) is 0 Å². The zero-order valence-electron chi connectivity index (χ0n) is 28.7. The van der Waals surface area contributed by atoms with Crippen molar-refractivity contribution in [3.05, 3.63) is 80.9 Å². The summed E-state index contributed by atoms with van der Waals surface area (Å²) in [5, 5.41) is 20.4. The van der Waals surface area contributed by atoms with E-state index in [1.807, 2.05) is 64.1 Å². The second-order valence-electron chi connectivity index (χ2n) is 12.9. The first-order valence-corrected chi connectivity index (χ1v) is 17.3. The number of aryl methyl sites for hydroxylation is 2. The maximum atomic E-state index is 12.8. The summed E-state index contributed by atoms with van der Waals surface area (Å²) in [5.41, 5.74) is 3.33. The van der Waals surface area contributed by atoms with E-state index in [9.17, 15) is 24.6 Å². The summed E-state index contributed by atoms with van der Waals surface area (Å²) in [6.07, 6.45) is 5.74. The molecule has 9 nitrogen and oxygen atoms in total. The Morgan fingerprint density at radius 3 is 2.13 bits per heavy atom. The zero-order valence-corrected chi connectivity index (χ0v) is 28.7. The minimum Gasteiger partial charge on any atom is -0.427 e. The number of amides is 1. The number of likely N-dealkylation sites (tertiary alicyclic amines) is 2. The highest BCUT2D eigenvalue weighted by molar-refractivity contribution is 5.97. The lowest BCUT2D eigenvalue weighted by Crippen LogP contribution is -2.34. The molecule has 0 unspecified atom stereocenters. The lowest BCUT2D eigenvalue weighted by molar-refractivity contribution is -0.118. The Balaban J connectivity index is 0.000000217. The quantitative estimate of drug-likeness (QED) is 0.278. The van der Waals surface area contributed by atoms with E-state index in [-0.39, 0.29) is 42.6 Å². The molecule has 0 bridgehead atoms. The first-order valence-electron chi connectivity index (χ1n) is 17.3. The Labute approximate surface area is 279 Å². The summed E-state index contributed by atoms with van der Waals surface area (Å²) in [7, 11) is 0. The van der Waals surface area contributed by atoms with Gasteiger partial charge in [-0.1, -0.05) is 24.3 Å². The second-order valence-corrected chi connectivity index (χ2v) is 12.9. The summed E-state index contributed by atoms with van der Waals surface area (Å²) in [6.45, 7) is 13.1. The average Bonchev–Trinajstić information content (AvgIpc) is 3.74. The van der Waals surface area contributed by atoms with Crippen LogP contribution >= 0.6 is 0 Å². The molecule has 1 aromatic heterocycles. The highest BCUT2D eigenvalue weighted by atomic mass is 16.4. The van der Waals surface area contributed by atoms with Gasteiger partial charge in [-0.2, -0.15) is 0 Å². The summed E-state index contributed by atoms with van der Waals surface area (Å²) in [4.78, 5) is 43.7. The average molecular weight is 648 g/mol. The number of ketones is 1. The fourth-order valence-electron chi connectivity index (χ4n) is 6.96. The number of nitrogens with zero attached hydrogens (tertiary/aromatic N) is 3. The van der Waals surface area contributed by atoms with Gasteiger partial charge < -0.3 is 19.5 Å². The van der Waals surface area contributed by atoms with E-state index in [0.717, 1.165) is 73.2 Å². The lowest BCUT2D eigenvalue weighted by atomic mass is 9.95. The van der Waals surface area contributed by atoms with E-state index in [4.69, 9.17) is 4.42 Å². The van der Waals surface area contributed by atoms with Crippen molar-refractivity contribution >= 4 is 22.5 Å². The van der Waals surface area contributed by atoms with Crippen molar-refractivity contribution in [2.24, 2.45) is 0 Å². The van der Waals surface area contributed by atoms with Crippen molar-refractivity contribution in [2.45, 2.75) is 84.7 Å². The maximum Gasteiger partial charge on any atom is 0.343 e. The Hall–Kier alpha value is -3.37. The molecule has 0 aliphatic carbocycles. The van der Waals surface area contributed by atoms with Crippen molar-refractivity contribution in [1.29, 1.82) is 0 Å². The van der Waals surface area contributed by atoms with Gasteiger partial charge in [0.15, 0.2) is 0 Å². The number of hydrogen-bond acceptors (Lipinski definition) is 8. The van der Waals surface area contributed by atoms with Gasteiger partial charge in [0.1, 0.15) is 11.5 Å². The smallest absolute Gasteiger partial charge is 0.343 e. The molecule has 2 fully saturated rings. The molecule has 2 atom stereocenters. The van der Waals surface area contributed by atoms with Gasteiger partial charge in [0.2, 0.25) is 0 Å². The monoisotopic (exact) mass is 647 g/mol. The van der Waals surface area contributed by atoms with E-state index in [2.05, 4.69) is 9.80 Å². The predicted octanol–water partition coefficient (Wildman–Crippen LogP) is 4.54. The van der Waals surface area contributed by atoms with Crippen molar-refractivity contribution in [1.82, 2.24) is 14.7 Å². The minimum atomic E-state index is -0.258. The molecule has 2 aliphatic heterocycles. The van der Waals surface area contributed by atoms with Crippen LogP contribution in [0, 0.1) is 13.8 Å². The summed E-state index contributed by atoms with van der Waals surface area (Å²) >= 11 is 0. The Bertz CT molecular complexity index is 1550. The summed E-state index contributed by atoms with van der Waals surface area (Å²) in [5.74, 6) is 0.878. The van der Waals surface area contributed by atoms with Crippen molar-refractivity contribution in [2.75, 3.05) is 52.5 Å². The van der Waals surface area contributed by atoms with Crippen molar-refractivity contribution in [3.63, 3.8) is 0 Å². The number of hydrogen-bond donors (Lipinski definition) is 2. The highest BCUT2D eigenvalue weighted by Crippen LogP contribution is 2.22. The molecule has 1 amide bonds. The van der Waals surface area contributed by atoms with Crippen LogP contribution in [0.1, 0.15) is 78.8 Å². The topological polar surface area (TPSA) is 115 Å². The molecule has 47 heavy (non-hydrogen) atoms. The van der Waals surface area contributed by atoms with Crippen molar-refractivity contribution < 1.29 is 24.2 Å². The Morgan fingerprint density at radius 2 is 1.49 bits per heavy atom. The number of benzene rings is 2. The molecule has 2 saturated heterocycles. The van der Waals surface area contributed by atoms with Crippen LogP contribution in [0.5, 0.6) is 0 Å². The molecule has 5 rings (SSSR count). The Morgan fingerprint density at radius 1 is 0.872 bits per heavy atom. The molecule has 256 valence electrons. The molecule has 2 aromatic carbocycles. The van der Waals surface area contributed by atoms with Crippen LogP contribution in [0.2, 0.25) is 0 Å². The third kappa shape index (κ3) is 9.38. The molecule has 2 aliphatic rings. The van der Waals surface area contributed by atoms with Crippen LogP contribution in [-0.4, -0.2) is 101 Å². The normalized spacial score (nSPS) is 18.3. The fourth-order valence-corrected chi connectivity index (χ4v) is 6.96. The van der Waals surface area contributed by atoms with Crippen LogP contribution in [0.25, 0.3) is 10.8 Å². The summed E-state index contributed by atoms with van der Waals surface area (Å²) < 4.78 is 5.43. The van der Waals surface area contributed by atoms with Gasteiger partial charge in [-0.05, 0) is 107 Å². The van der Waals surface area contributed by atoms with Gasteiger partial charge in [0, 0.05) is 63.1 Å². The zero-order chi connectivity index (χ0) is 33.9. The third-order valence-corrected chi connectivity index (χ3v) is 9.88. The standard InChI is InChI=1S/C21H32N2O3.C17H21NO3/c1-4-22(5-2)21(26)19-10-6-8-16(3)20(19)14-18(25)11-13-23-12-7-9-17(23)15-24;1-12-4-2-6-15-16(12)10-14(21-17(15)20)7-9-18-8-3-5-13(18)11-19/h6,8,10,17,24H,4-5,7,9,11-15H2,1-3H3;2,4,6,10,13,19H,3,5,7-9,11H2,1H3/t17-;13-/m11/s1. The summed E-state index contributed by atoms with van der Waals surface area (Å²) in [6, 6.07) is 13.8. The van der Waals surface area contributed by atoms with E-state index in [1.54, 1.807) is 11.0 Å².